The number of nitrogens with one attached hydrogen (secondary N) is 1. The SMILES string of the molecule is CN=C(NCCCS(=O)(=O)Cc1ccccc1)N1CCC2(CCCC2)C1.I. The van der Waals surface area contributed by atoms with Crippen LogP contribution in [0.4, 0.5) is 0 Å². The number of halogens is 1. The molecule has 3 rings (SSSR count). The largest absolute Gasteiger partial charge is 0.356 e. The number of likely N-dealkylation sites (tertiary alicyclic amines) is 1. The van der Waals surface area contributed by atoms with Gasteiger partial charge in [0.15, 0.2) is 15.8 Å². The van der Waals surface area contributed by atoms with Crippen molar-refractivity contribution in [3.05, 3.63) is 35.9 Å². The van der Waals surface area contributed by atoms with Gasteiger partial charge in [0.2, 0.25) is 0 Å². The van der Waals surface area contributed by atoms with E-state index < -0.39 is 9.84 Å². The Balaban J connectivity index is 0.00000261. The lowest BCUT2D eigenvalue weighted by Crippen LogP contribution is -2.41. The first-order chi connectivity index (χ1) is 12.5. The van der Waals surface area contributed by atoms with Crippen LogP contribution < -0.4 is 5.32 Å². The van der Waals surface area contributed by atoms with Crippen molar-refractivity contribution in [1.82, 2.24) is 10.2 Å². The lowest BCUT2D eigenvalue weighted by Gasteiger charge is -2.25. The van der Waals surface area contributed by atoms with Crippen LogP contribution in [0.3, 0.4) is 0 Å². The number of hydrogen-bond donors (Lipinski definition) is 1. The van der Waals surface area contributed by atoms with Crippen LogP contribution in [-0.2, 0) is 15.6 Å². The van der Waals surface area contributed by atoms with E-state index in [1.807, 2.05) is 37.4 Å². The topological polar surface area (TPSA) is 61.8 Å². The van der Waals surface area contributed by atoms with Gasteiger partial charge in [0.05, 0.1) is 11.5 Å². The van der Waals surface area contributed by atoms with Crippen molar-refractivity contribution in [3.8, 4) is 0 Å². The van der Waals surface area contributed by atoms with Gasteiger partial charge in [-0.25, -0.2) is 8.42 Å². The van der Waals surface area contributed by atoms with Gasteiger partial charge in [0.1, 0.15) is 0 Å². The van der Waals surface area contributed by atoms with Crippen molar-refractivity contribution >= 4 is 39.8 Å². The zero-order chi connectivity index (χ0) is 18.5. The highest BCUT2D eigenvalue weighted by Gasteiger charge is 2.40. The number of aliphatic imine (C=N–C) groups is 1. The van der Waals surface area contributed by atoms with Crippen LogP contribution in [0.15, 0.2) is 35.3 Å². The Morgan fingerprint density at radius 2 is 1.89 bits per heavy atom. The van der Waals surface area contributed by atoms with E-state index in [0.29, 0.717) is 18.4 Å². The number of rotatable bonds is 6. The smallest absolute Gasteiger partial charge is 0.193 e. The Morgan fingerprint density at radius 3 is 2.56 bits per heavy atom. The first kappa shape index (κ1) is 22.5. The molecule has 0 aromatic heterocycles. The summed E-state index contributed by atoms with van der Waals surface area (Å²) >= 11 is 0. The van der Waals surface area contributed by atoms with E-state index in [1.54, 1.807) is 0 Å². The molecule has 152 valence electrons. The second-order valence-corrected chi connectivity index (χ2v) is 9.97. The molecule has 1 aromatic rings. The maximum Gasteiger partial charge on any atom is 0.193 e. The van der Waals surface area contributed by atoms with Gasteiger partial charge in [-0.15, -0.1) is 24.0 Å². The van der Waals surface area contributed by atoms with Crippen LogP contribution in [0.5, 0.6) is 0 Å². The summed E-state index contributed by atoms with van der Waals surface area (Å²) < 4.78 is 24.5. The van der Waals surface area contributed by atoms with Crippen LogP contribution in [0.1, 0.15) is 44.1 Å². The van der Waals surface area contributed by atoms with Crippen LogP contribution in [0, 0.1) is 5.41 Å². The van der Waals surface area contributed by atoms with E-state index in [0.717, 1.165) is 24.6 Å². The Bertz CT molecular complexity index is 716. The summed E-state index contributed by atoms with van der Waals surface area (Å²) in [5, 5.41) is 3.37. The fourth-order valence-electron chi connectivity index (χ4n) is 4.37. The van der Waals surface area contributed by atoms with E-state index in [9.17, 15) is 8.42 Å². The molecule has 1 aliphatic carbocycles. The van der Waals surface area contributed by atoms with Gasteiger partial charge in [0.25, 0.3) is 0 Å². The first-order valence-electron chi connectivity index (χ1n) is 9.72. The average Bonchev–Trinajstić information content (AvgIpc) is 3.26. The van der Waals surface area contributed by atoms with Gasteiger partial charge in [-0.1, -0.05) is 43.2 Å². The molecule has 1 saturated heterocycles. The Labute approximate surface area is 181 Å². The Morgan fingerprint density at radius 1 is 1.19 bits per heavy atom. The quantitative estimate of drug-likeness (QED) is 0.279. The monoisotopic (exact) mass is 505 g/mol. The van der Waals surface area contributed by atoms with Crippen molar-refractivity contribution in [1.29, 1.82) is 0 Å². The lowest BCUT2D eigenvalue weighted by molar-refractivity contribution is 0.309. The molecule has 7 heteroatoms. The number of sulfone groups is 1. The van der Waals surface area contributed by atoms with E-state index in [1.165, 1.54) is 32.1 Å². The molecule has 5 nitrogen and oxygen atoms in total. The zero-order valence-electron chi connectivity index (χ0n) is 16.2. The number of benzene rings is 1. The van der Waals surface area contributed by atoms with Crippen LogP contribution in [0.25, 0.3) is 0 Å². The molecule has 2 fully saturated rings. The fraction of sp³-hybridized carbons (Fsp3) is 0.650. The van der Waals surface area contributed by atoms with E-state index in [-0.39, 0.29) is 35.5 Å². The third-order valence-corrected chi connectivity index (χ3v) is 7.44. The molecule has 0 radical (unpaired) electrons. The molecular formula is C20H32IN3O2S. The van der Waals surface area contributed by atoms with Gasteiger partial charge < -0.3 is 10.2 Å². The molecule has 1 aromatic carbocycles. The molecule has 0 atom stereocenters. The highest BCUT2D eigenvalue weighted by molar-refractivity contribution is 14.0. The van der Waals surface area contributed by atoms with Crippen LogP contribution in [0.2, 0.25) is 0 Å². The van der Waals surface area contributed by atoms with Gasteiger partial charge in [-0.05, 0) is 36.7 Å². The molecule has 1 N–H and O–H groups in total. The molecule has 1 aliphatic heterocycles. The lowest BCUT2D eigenvalue weighted by atomic mass is 9.86. The summed E-state index contributed by atoms with van der Waals surface area (Å²) in [4.78, 5) is 6.76. The summed E-state index contributed by atoms with van der Waals surface area (Å²) in [6.07, 6.45) is 7.28. The Hall–Kier alpha value is -0.830. The highest BCUT2D eigenvalue weighted by Crippen LogP contribution is 2.45. The maximum atomic E-state index is 12.3. The van der Waals surface area contributed by atoms with Crippen LogP contribution in [-0.4, -0.2) is 51.7 Å². The van der Waals surface area contributed by atoms with Crippen LogP contribution >= 0.6 is 24.0 Å². The predicted octanol–water partition coefficient (Wildman–Crippen LogP) is 3.45. The van der Waals surface area contributed by atoms with Crippen molar-refractivity contribution in [2.45, 2.75) is 44.3 Å². The average molecular weight is 505 g/mol. The third kappa shape index (κ3) is 6.34. The molecule has 1 heterocycles. The van der Waals surface area contributed by atoms with Gasteiger partial charge >= 0.3 is 0 Å². The van der Waals surface area contributed by atoms with Crippen molar-refractivity contribution < 1.29 is 8.42 Å². The summed E-state index contributed by atoms with van der Waals surface area (Å²) in [7, 11) is -1.26. The van der Waals surface area contributed by atoms with Crippen molar-refractivity contribution in [3.63, 3.8) is 0 Å². The standard InChI is InChI=1S/C20H31N3O2S.HI/c1-21-19(23-14-12-20(17-23)10-5-6-11-20)22-13-7-15-26(24,25)16-18-8-3-2-4-9-18;/h2-4,8-9H,5-7,10-17H2,1H3,(H,21,22);1H. The number of guanidine groups is 1. The second kappa shape index (κ2) is 10.1. The third-order valence-electron chi connectivity index (χ3n) is 5.76. The zero-order valence-corrected chi connectivity index (χ0v) is 19.3. The number of hydrogen-bond acceptors (Lipinski definition) is 3. The minimum Gasteiger partial charge on any atom is -0.356 e. The normalized spacial score (nSPS) is 19.3. The second-order valence-electron chi connectivity index (χ2n) is 7.78. The van der Waals surface area contributed by atoms with Crippen molar-refractivity contribution in [2.24, 2.45) is 10.4 Å². The Kier molecular flexibility index (Phi) is 8.39. The maximum absolute atomic E-state index is 12.3. The van der Waals surface area contributed by atoms with E-state index >= 15 is 0 Å². The molecular weight excluding hydrogens is 473 g/mol. The summed E-state index contributed by atoms with van der Waals surface area (Å²) in [5.74, 6) is 1.25. The molecule has 1 spiro atoms. The predicted molar refractivity (Wildman–Crippen MR) is 122 cm³/mol. The fourth-order valence-corrected chi connectivity index (χ4v) is 5.80. The molecule has 0 amide bonds. The van der Waals surface area contributed by atoms with E-state index in [4.69, 9.17) is 0 Å². The summed E-state index contributed by atoms with van der Waals surface area (Å²) in [6.45, 7) is 2.80. The summed E-state index contributed by atoms with van der Waals surface area (Å²) in [5.41, 5.74) is 1.37. The molecule has 2 aliphatic rings. The number of nitrogens with zero attached hydrogens (tertiary/aromatic N) is 2. The van der Waals surface area contributed by atoms with Gasteiger partial charge in [0, 0.05) is 26.7 Å². The summed E-state index contributed by atoms with van der Waals surface area (Å²) in [6, 6.07) is 9.39. The first-order valence-corrected chi connectivity index (χ1v) is 11.5. The van der Waals surface area contributed by atoms with Gasteiger partial charge in [-0.2, -0.15) is 0 Å². The van der Waals surface area contributed by atoms with Gasteiger partial charge in [-0.3, -0.25) is 4.99 Å². The molecule has 0 bridgehead atoms. The minimum atomic E-state index is -3.07. The minimum absolute atomic E-state index is 0. The van der Waals surface area contributed by atoms with E-state index in [2.05, 4.69) is 15.2 Å². The van der Waals surface area contributed by atoms with Crippen molar-refractivity contribution in [2.75, 3.05) is 32.4 Å². The molecule has 27 heavy (non-hydrogen) atoms. The molecule has 0 unspecified atom stereocenters. The molecule has 1 saturated carbocycles. The highest BCUT2D eigenvalue weighted by atomic mass is 127.